The van der Waals surface area contributed by atoms with Gasteiger partial charge in [-0.05, 0) is 51.9 Å². The van der Waals surface area contributed by atoms with Crippen LogP contribution in [0, 0.1) is 13.8 Å². The predicted molar refractivity (Wildman–Crippen MR) is 110 cm³/mol. The number of hydrogen-bond donors (Lipinski definition) is 2. The molecular weight excluding hydrogens is 380 g/mol. The first-order valence-corrected chi connectivity index (χ1v) is 9.20. The Bertz CT molecular complexity index is 814. The molecule has 1 aliphatic heterocycles. The van der Waals surface area contributed by atoms with Gasteiger partial charge in [0, 0.05) is 12.7 Å². The third-order valence-electron chi connectivity index (χ3n) is 4.85. The summed E-state index contributed by atoms with van der Waals surface area (Å²) in [5.74, 6) is -0.551. The summed E-state index contributed by atoms with van der Waals surface area (Å²) in [4.78, 5) is 26.3. The molecule has 0 saturated carbocycles. The molecule has 152 valence electrons. The number of piperidine rings is 1. The zero-order valence-corrected chi connectivity index (χ0v) is 17.3. The lowest BCUT2D eigenvalue weighted by atomic mass is 10.1. The second kappa shape index (κ2) is 9.66. The number of amides is 2. The molecule has 28 heavy (non-hydrogen) atoms. The van der Waals surface area contributed by atoms with E-state index in [1.54, 1.807) is 7.05 Å². The lowest BCUT2D eigenvalue weighted by Gasteiger charge is -2.23. The van der Waals surface area contributed by atoms with E-state index in [1.807, 2.05) is 42.8 Å². The average Bonchev–Trinajstić information content (AvgIpc) is 3.05. The van der Waals surface area contributed by atoms with Crippen LogP contribution < -0.4 is 10.6 Å². The molecule has 3 rings (SSSR count). The quantitative estimate of drug-likeness (QED) is 0.791. The number of aryl methyl sites for hydroxylation is 1. The molecule has 1 aromatic heterocycles. The lowest BCUT2D eigenvalue weighted by Crippen LogP contribution is -2.35. The van der Waals surface area contributed by atoms with Crippen molar-refractivity contribution < 1.29 is 9.59 Å². The zero-order chi connectivity index (χ0) is 19.4. The van der Waals surface area contributed by atoms with Crippen molar-refractivity contribution in [3.05, 3.63) is 41.2 Å². The number of anilines is 1. The molecule has 1 fully saturated rings. The molecule has 9 heteroatoms. The van der Waals surface area contributed by atoms with E-state index in [9.17, 15) is 9.59 Å². The fourth-order valence-corrected chi connectivity index (χ4v) is 3.24. The number of carbonyl (C=O) groups is 2. The minimum atomic E-state index is -0.299. The van der Waals surface area contributed by atoms with Crippen LogP contribution in [0.2, 0.25) is 0 Å². The maximum atomic E-state index is 12.7. The highest BCUT2D eigenvalue weighted by atomic mass is 35.5. The molecule has 0 bridgehead atoms. The minimum Gasteiger partial charge on any atom is -0.331 e. The number of aromatic nitrogens is 3. The van der Waals surface area contributed by atoms with E-state index >= 15 is 0 Å². The Labute approximate surface area is 171 Å². The molecule has 0 radical (unpaired) electrons. The molecule has 0 aliphatic carbocycles. The van der Waals surface area contributed by atoms with Gasteiger partial charge >= 0.3 is 0 Å². The number of carbonyl (C=O) groups excluding carboxylic acids is 2. The van der Waals surface area contributed by atoms with Crippen molar-refractivity contribution >= 4 is 29.9 Å². The van der Waals surface area contributed by atoms with E-state index in [2.05, 4.69) is 20.9 Å². The molecule has 1 aromatic carbocycles. The maximum absolute atomic E-state index is 12.7. The van der Waals surface area contributed by atoms with Crippen LogP contribution in [0.15, 0.2) is 24.3 Å². The molecular formula is C19H27ClN6O2. The standard InChI is InChI=1S/C19H26N6O2.ClH/c1-13-4-6-15(7-5-13)21-17(26)12-24(3)19(27)18-14(2)25(23-22-18)16-8-10-20-11-9-16;/h4-7,16,20H,8-12H2,1-3H3,(H,21,26);1H. The van der Waals surface area contributed by atoms with Crippen LogP contribution in [-0.4, -0.2) is 58.4 Å². The van der Waals surface area contributed by atoms with Gasteiger partial charge in [-0.25, -0.2) is 4.68 Å². The minimum absolute atomic E-state index is 0. The van der Waals surface area contributed by atoms with Crippen molar-refractivity contribution in [2.75, 3.05) is 32.0 Å². The van der Waals surface area contributed by atoms with Gasteiger partial charge in [0.05, 0.1) is 18.3 Å². The molecule has 8 nitrogen and oxygen atoms in total. The average molecular weight is 407 g/mol. The number of likely N-dealkylation sites (N-methyl/N-ethyl adjacent to an activating group) is 1. The van der Waals surface area contributed by atoms with E-state index in [4.69, 9.17) is 0 Å². The second-order valence-electron chi connectivity index (χ2n) is 7.02. The van der Waals surface area contributed by atoms with E-state index in [0.717, 1.165) is 37.2 Å². The van der Waals surface area contributed by atoms with Crippen molar-refractivity contribution in [2.45, 2.75) is 32.7 Å². The van der Waals surface area contributed by atoms with Crippen molar-refractivity contribution in [2.24, 2.45) is 0 Å². The summed E-state index contributed by atoms with van der Waals surface area (Å²) in [5.41, 5.74) is 2.88. The summed E-state index contributed by atoms with van der Waals surface area (Å²) in [6.45, 7) is 5.66. The maximum Gasteiger partial charge on any atom is 0.276 e. The van der Waals surface area contributed by atoms with Crippen molar-refractivity contribution in [1.82, 2.24) is 25.2 Å². The molecule has 1 saturated heterocycles. The zero-order valence-electron chi connectivity index (χ0n) is 16.4. The Kier molecular flexibility index (Phi) is 7.53. The third-order valence-corrected chi connectivity index (χ3v) is 4.85. The van der Waals surface area contributed by atoms with Crippen LogP contribution in [0.3, 0.4) is 0 Å². The van der Waals surface area contributed by atoms with Gasteiger partial charge in [-0.1, -0.05) is 22.9 Å². The molecule has 1 aliphatic rings. The van der Waals surface area contributed by atoms with Gasteiger partial charge < -0.3 is 15.5 Å². The summed E-state index contributed by atoms with van der Waals surface area (Å²) in [5, 5.41) is 14.4. The molecule has 0 atom stereocenters. The summed E-state index contributed by atoms with van der Waals surface area (Å²) < 4.78 is 1.84. The Morgan fingerprint density at radius 3 is 2.50 bits per heavy atom. The summed E-state index contributed by atoms with van der Waals surface area (Å²) in [6.07, 6.45) is 1.93. The Morgan fingerprint density at radius 2 is 1.86 bits per heavy atom. The molecule has 2 N–H and O–H groups in total. The van der Waals surface area contributed by atoms with Crippen LogP contribution in [-0.2, 0) is 4.79 Å². The van der Waals surface area contributed by atoms with Crippen molar-refractivity contribution in [3.63, 3.8) is 0 Å². The molecule has 2 amide bonds. The summed E-state index contributed by atoms with van der Waals surface area (Å²) >= 11 is 0. The molecule has 2 heterocycles. The van der Waals surface area contributed by atoms with E-state index in [-0.39, 0.29) is 36.8 Å². The van der Waals surface area contributed by atoms with Crippen LogP contribution >= 0.6 is 12.4 Å². The Morgan fingerprint density at radius 1 is 1.21 bits per heavy atom. The van der Waals surface area contributed by atoms with Gasteiger partial charge in [-0.15, -0.1) is 17.5 Å². The number of hydrogen-bond acceptors (Lipinski definition) is 5. The fraction of sp³-hybridized carbons (Fsp3) is 0.474. The predicted octanol–water partition coefficient (Wildman–Crippen LogP) is 1.95. The van der Waals surface area contributed by atoms with E-state index in [0.29, 0.717) is 11.4 Å². The van der Waals surface area contributed by atoms with Crippen LogP contribution in [0.25, 0.3) is 0 Å². The second-order valence-corrected chi connectivity index (χ2v) is 7.02. The van der Waals surface area contributed by atoms with Gasteiger partial charge in [-0.2, -0.15) is 0 Å². The highest BCUT2D eigenvalue weighted by Gasteiger charge is 2.25. The Hall–Kier alpha value is -2.45. The summed E-state index contributed by atoms with van der Waals surface area (Å²) in [6, 6.07) is 7.78. The van der Waals surface area contributed by atoms with Gasteiger partial charge in [0.25, 0.3) is 5.91 Å². The third kappa shape index (κ3) is 5.08. The van der Waals surface area contributed by atoms with E-state index in [1.165, 1.54) is 4.90 Å². The topological polar surface area (TPSA) is 92.2 Å². The summed E-state index contributed by atoms with van der Waals surface area (Å²) in [7, 11) is 1.60. The van der Waals surface area contributed by atoms with Crippen LogP contribution in [0.4, 0.5) is 5.69 Å². The number of benzene rings is 1. The van der Waals surface area contributed by atoms with Crippen LogP contribution in [0.1, 0.15) is 40.6 Å². The normalized spacial score (nSPS) is 14.2. The molecule has 0 spiro atoms. The number of halogens is 1. The van der Waals surface area contributed by atoms with Gasteiger partial charge in [0.1, 0.15) is 0 Å². The van der Waals surface area contributed by atoms with Gasteiger partial charge in [-0.3, -0.25) is 9.59 Å². The van der Waals surface area contributed by atoms with Crippen LogP contribution in [0.5, 0.6) is 0 Å². The number of rotatable bonds is 5. The smallest absolute Gasteiger partial charge is 0.276 e. The SMILES string of the molecule is Cc1ccc(NC(=O)CN(C)C(=O)c2nnn(C3CCNCC3)c2C)cc1.Cl. The highest BCUT2D eigenvalue weighted by molar-refractivity contribution is 5.98. The first-order chi connectivity index (χ1) is 13.0. The number of nitrogens with zero attached hydrogens (tertiary/aromatic N) is 4. The van der Waals surface area contributed by atoms with Gasteiger partial charge in [0.2, 0.25) is 5.91 Å². The highest BCUT2D eigenvalue weighted by Crippen LogP contribution is 2.20. The van der Waals surface area contributed by atoms with Gasteiger partial charge in [0.15, 0.2) is 5.69 Å². The van der Waals surface area contributed by atoms with Crippen molar-refractivity contribution in [3.8, 4) is 0 Å². The fourth-order valence-electron chi connectivity index (χ4n) is 3.24. The first-order valence-electron chi connectivity index (χ1n) is 9.20. The lowest BCUT2D eigenvalue weighted by molar-refractivity contribution is -0.116. The largest absolute Gasteiger partial charge is 0.331 e. The molecule has 2 aromatic rings. The van der Waals surface area contributed by atoms with E-state index < -0.39 is 0 Å². The van der Waals surface area contributed by atoms with Crippen molar-refractivity contribution in [1.29, 1.82) is 0 Å². The number of nitrogens with one attached hydrogen (secondary N) is 2. The monoisotopic (exact) mass is 406 g/mol. The first kappa shape index (κ1) is 21.8. The Balaban J connectivity index is 0.00000280. The molecule has 0 unspecified atom stereocenters.